The van der Waals surface area contributed by atoms with Crippen molar-refractivity contribution in [1.82, 2.24) is 20.4 Å². The van der Waals surface area contributed by atoms with Crippen molar-refractivity contribution in [3.05, 3.63) is 88.4 Å². The van der Waals surface area contributed by atoms with Crippen LogP contribution in [-0.2, 0) is 17.9 Å². The highest BCUT2D eigenvalue weighted by Gasteiger charge is 2.06. The lowest BCUT2D eigenvalue weighted by molar-refractivity contribution is -0.121. The molecule has 0 aliphatic rings. The number of amides is 1. The van der Waals surface area contributed by atoms with Gasteiger partial charge in [-0.2, -0.15) is 5.10 Å². The van der Waals surface area contributed by atoms with Crippen molar-refractivity contribution in [2.45, 2.75) is 19.6 Å². The normalized spacial score (nSPS) is 11.1. The van der Waals surface area contributed by atoms with Crippen molar-refractivity contribution >= 4 is 39.1 Å². The molecule has 0 aliphatic heterocycles. The minimum Gasteiger partial charge on any atom is -0.488 e. The SMILES string of the molecule is O=C(CCn1nnc2ccccc21)N/N=C/c1ccccc1OCc1ccc(Br)cc1. The number of carbonyl (C=O) groups excluding carboxylic acids is 1. The van der Waals surface area contributed by atoms with E-state index in [0.29, 0.717) is 18.9 Å². The van der Waals surface area contributed by atoms with E-state index in [1.54, 1.807) is 10.9 Å². The summed E-state index contributed by atoms with van der Waals surface area (Å²) in [6.45, 7) is 0.866. The number of hydrogen-bond acceptors (Lipinski definition) is 5. The number of benzene rings is 3. The maximum absolute atomic E-state index is 12.2. The monoisotopic (exact) mass is 477 g/mol. The van der Waals surface area contributed by atoms with E-state index in [4.69, 9.17) is 4.74 Å². The average Bonchev–Trinajstić information content (AvgIpc) is 3.21. The summed E-state index contributed by atoms with van der Waals surface area (Å²) in [6.07, 6.45) is 1.83. The van der Waals surface area contributed by atoms with Crippen LogP contribution in [0.25, 0.3) is 11.0 Å². The van der Waals surface area contributed by atoms with Gasteiger partial charge < -0.3 is 4.74 Å². The van der Waals surface area contributed by atoms with Gasteiger partial charge in [-0.1, -0.05) is 57.5 Å². The van der Waals surface area contributed by atoms with Gasteiger partial charge in [0.15, 0.2) is 0 Å². The van der Waals surface area contributed by atoms with Crippen LogP contribution in [0.15, 0.2) is 82.4 Å². The molecule has 0 spiro atoms. The molecule has 0 saturated carbocycles. The van der Waals surface area contributed by atoms with E-state index in [2.05, 4.69) is 36.8 Å². The van der Waals surface area contributed by atoms with Crippen molar-refractivity contribution in [2.75, 3.05) is 0 Å². The van der Waals surface area contributed by atoms with Gasteiger partial charge in [-0.15, -0.1) is 5.10 Å². The van der Waals surface area contributed by atoms with Gasteiger partial charge in [-0.25, -0.2) is 10.1 Å². The number of ether oxygens (including phenoxy) is 1. The van der Waals surface area contributed by atoms with Crippen molar-refractivity contribution in [2.24, 2.45) is 5.10 Å². The van der Waals surface area contributed by atoms with Gasteiger partial charge in [-0.05, 0) is 42.0 Å². The first-order chi connectivity index (χ1) is 15.2. The molecular weight excluding hydrogens is 458 g/mol. The molecule has 0 fully saturated rings. The molecule has 4 rings (SSSR count). The number of para-hydroxylation sites is 2. The van der Waals surface area contributed by atoms with Gasteiger partial charge in [0, 0.05) is 16.5 Å². The van der Waals surface area contributed by atoms with Crippen LogP contribution in [0.5, 0.6) is 5.75 Å². The molecule has 0 bridgehead atoms. The number of aromatic nitrogens is 3. The maximum Gasteiger partial charge on any atom is 0.241 e. The summed E-state index contributed by atoms with van der Waals surface area (Å²) >= 11 is 3.43. The Bertz CT molecular complexity index is 1200. The summed E-state index contributed by atoms with van der Waals surface area (Å²) in [5.41, 5.74) is 6.10. The second-order valence-electron chi connectivity index (χ2n) is 6.80. The minimum absolute atomic E-state index is 0.205. The van der Waals surface area contributed by atoms with Crippen LogP contribution in [0.4, 0.5) is 0 Å². The first-order valence-corrected chi connectivity index (χ1v) is 10.5. The number of fused-ring (bicyclic) bond motifs is 1. The fraction of sp³-hybridized carbons (Fsp3) is 0.130. The number of rotatable bonds is 8. The number of nitrogens with zero attached hydrogens (tertiary/aromatic N) is 4. The Morgan fingerprint density at radius 2 is 1.84 bits per heavy atom. The van der Waals surface area contributed by atoms with Gasteiger partial charge in [0.05, 0.1) is 18.3 Å². The van der Waals surface area contributed by atoms with E-state index in [1.807, 2.05) is 72.8 Å². The predicted octanol–water partition coefficient (Wildman–Crippen LogP) is 4.31. The lowest BCUT2D eigenvalue weighted by atomic mass is 10.2. The second kappa shape index (κ2) is 9.99. The zero-order chi connectivity index (χ0) is 21.5. The molecule has 1 aromatic heterocycles. The Labute approximate surface area is 187 Å². The van der Waals surface area contributed by atoms with Crippen LogP contribution in [0.3, 0.4) is 0 Å². The zero-order valence-electron chi connectivity index (χ0n) is 16.6. The Hall–Kier alpha value is -3.52. The van der Waals surface area contributed by atoms with Crippen molar-refractivity contribution in [3.63, 3.8) is 0 Å². The molecule has 1 amide bonds. The van der Waals surface area contributed by atoms with Crippen LogP contribution in [-0.4, -0.2) is 27.1 Å². The molecule has 1 N–H and O–H groups in total. The third-order valence-electron chi connectivity index (χ3n) is 4.59. The van der Waals surface area contributed by atoms with Crippen molar-refractivity contribution in [3.8, 4) is 5.75 Å². The molecule has 7 nitrogen and oxygen atoms in total. The van der Waals surface area contributed by atoms with Gasteiger partial charge in [0.25, 0.3) is 0 Å². The van der Waals surface area contributed by atoms with Gasteiger partial charge in [0.2, 0.25) is 5.91 Å². The third kappa shape index (κ3) is 5.55. The number of hydrazone groups is 1. The fourth-order valence-electron chi connectivity index (χ4n) is 2.98. The maximum atomic E-state index is 12.2. The third-order valence-corrected chi connectivity index (χ3v) is 5.12. The number of nitrogens with one attached hydrogen (secondary N) is 1. The molecule has 0 radical (unpaired) electrons. The highest BCUT2D eigenvalue weighted by atomic mass is 79.9. The first-order valence-electron chi connectivity index (χ1n) is 9.75. The largest absolute Gasteiger partial charge is 0.488 e. The smallest absolute Gasteiger partial charge is 0.241 e. The number of aryl methyl sites for hydroxylation is 1. The molecule has 8 heteroatoms. The summed E-state index contributed by atoms with van der Waals surface area (Å²) < 4.78 is 8.66. The van der Waals surface area contributed by atoms with E-state index in [9.17, 15) is 4.79 Å². The predicted molar refractivity (Wildman–Crippen MR) is 123 cm³/mol. The number of halogens is 1. The van der Waals surface area contributed by atoms with E-state index >= 15 is 0 Å². The minimum atomic E-state index is -0.205. The summed E-state index contributed by atoms with van der Waals surface area (Å²) in [4.78, 5) is 12.2. The number of hydrogen-bond donors (Lipinski definition) is 1. The van der Waals surface area contributed by atoms with Crippen molar-refractivity contribution in [1.29, 1.82) is 0 Å². The van der Waals surface area contributed by atoms with Crippen molar-refractivity contribution < 1.29 is 9.53 Å². The van der Waals surface area contributed by atoms with Gasteiger partial charge in [-0.3, -0.25) is 4.79 Å². The molecule has 0 aliphatic carbocycles. The fourth-order valence-corrected chi connectivity index (χ4v) is 3.24. The van der Waals surface area contributed by atoms with Crippen LogP contribution in [0, 0.1) is 0 Å². The quantitative estimate of drug-likeness (QED) is 0.302. The molecule has 4 aromatic rings. The molecule has 3 aromatic carbocycles. The zero-order valence-corrected chi connectivity index (χ0v) is 18.2. The first kappa shape index (κ1) is 20.7. The van der Waals surface area contributed by atoms with E-state index in [0.717, 1.165) is 26.6 Å². The van der Waals surface area contributed by atoms with E-state index in [-0.39, 0.29) is 12.3 Å². The van der Waals surface area contributed by atoms with Crippen LogP contribution in [0.1, 0.15) is 17.5 Å². The summed E-state index contributed by atoms with van der Waals surface area (Å²) in [5, 5.41) is 12.2. The Morgan fingerprint density at radius 3 is 2.71 bits per heavy atom. The second-order valence-corrected chi connectivity index (χ2v) is 7.71. The Balaban J connectivity index is 1.31. The molecule has 156 valence electrons. The molecule has 1 heterocycles. The van der Waals surface area contributed by atoms with Gasteiger partial charge >= 0.3 is 0 Å². The summed E-state index contributed by atoms with van der Waals surface area (Å²) in [5.74, 6) is 0.488. The van der Waals surface area contributed by atoms with E-state index in [1.165, 1.54) is 0 Å². The molecular formula is C23H20BrN5O2. The summed E-state index contributed by atoms with van der Waals surface area (Å²) in [6, 6.07) is 23.1. The van der Waals surface area contributed by atoms with E-state index < -0.39 is 0 Å². The lowest BCUT2D eigenvalue weighted by Gasteiger charge is -2.09. The summed E-state index contributed by atoms with van der Waals surface area (Å²) in [7, 11) is 0. The average molecular weight is 478 g/mol. The van der Waals surface area contributed by atoms with Crippen LogP contribution < -0.4 is 10.2 Å². The molecule has 31 heavy (non-hydrogen) atoms. The van der Waals surface area contributed by atoms with Crippen LogP contribution >= 0.6 is 15.9 Å². The topological polar surface area (TPSA) is 81.4 Å². The Morgan fingerprint density at radius 1 is 1.06 bits per heavy atom. The number of carbonyl (C=O) groups is 1. The molecule has 0 unspecified atom stereocenters. The van der Waals surface area contributed by atoms with Gasteiger partial charge in [0.1, 0.15) is 17.9 Å². The molecule has 0 atom stereocenters. The highest BCUT2D eigenvalue weighted by Crippen LogP contribution is 2.18. The van der Waals surface area contributed by atoms with Crippen LogP contribution in [0.2, 0.25) is 0 Å². The standard InChI is InChI=1S/C23H20BrN5O2/c24-19-11-9-17(10-12-19)16-31-22-8-4-1-5-18(22)15-25-27-23(30)13-14-29-21-7-3-2-6-20(21)26-28-29/h1-12,15H,13-14,16H2,(H,27,30)/b25-15+. The Kier molecular flexibility index (Phi) is 6.68. The molecule has 0 saturated heterocycles. The lowest BCUT2D eigenvalue weighted by Crippen LogP contribution is -2.19. The highest BCUT2D eigenvalue weighted by molar-refractivity contribution is 9.10.